The van der Waals surface area contributed by atoms with Crippen molar-refractivity contribution in [3.8, 4) is 5.75 Å². The van der Waals surface area contributed by atoms with Gasteiger partial charge in [-0.05, 0) is 30.3 Å². The molecular formula is C16H14F2N2O3. The van der Waals surface area contributed by atoms with Crippen molar-refractivity contribution in [2.75, 3.05) is 17.7 Å². The van der Waals surface area contributed by atoms with E-state index in [1.54, 1.807) is 0 Å². The van der Waals surface area contributed by atoms with Crippen molar-refractivity contribution in [2.45, 2.75) is 6.92 Å². The molecule has 0 saturated heterocycles. The van der Waals surface area contributed by atoms with Crippen LogP contribution in [0.4, 0.5) is 20.2 Å². The number of carbonyl (C=O) groups excluding carboxylic acids is 2. The van der Waals surface area contributed by atoms with Crippen LogP contribution in [0.5, 0.6) is 5.75 Å². The smallest absolute Gasteiger partial charge is 0.258 e. The Bertz CT molecular complexity index is 763. The van der Waals surface area contributed by atoms with Crippen LogP contribution in [0.3, 0.4) is 0 Å². The van der Waals surface area contributed by atoms with Crippen LogP contribution in [-0.2, 0) is 4.79 Å². The molecule has 120 valence electrons. The van der Waals surface area contributed by atoms with Crippen molar-refractivity contribution in [3.63, 3.8) is 0 Å². The van der Waals surface area contributed by atoms with E-state index in [1.165, 1.54) is 38.3 Å². The Balaban J connectivity index is 2.24. The minimum absolute atomic E-state index is 0.170. The molecule has 5 nitrogen and oxygen atoms in total. The average molecular weight is 320 g/mol. The van der Waals surface area contributed by atoms with Crippen LogP contribution in [-0.4, -0.2) is 18.9 Å². The topological polar surface area (TPSA) is 67.4 Å². The third-order valence-corrected chi connectivity index (χ3v) is 2.96. The predicted octanol–water partition coefficient (Wildman–Crippen LogP) is 3.18. The van der Waals surface area contributed by atoms with Gasteiger partial charge in [0, 0.05) is 18.7 Å². The Morgan fingerprint density at radius 1 is 1.00 bits per heavy atom. The van der Waals surface area contributed by atoms with Gasteiger partial charge in [-0.1, -0.05) is 0 Å². The van der Waals surface area contributed by atoms with Gasteiger partial charge >= 0.3 is 0 Å². The first kappa shape index (κ1) is 16.4. The summed E-state index contributed by atoms with van der Waals surface area (Å²) < 4.78 is 32.5. The normalized spacial score (nSPS) is 10.1. The quantitative estimate of drug-likeness (QED) is 0.909. The monoisotopic (exact) mass is 320 g/mol. The summed E-state index contributed by atoms with van der Waals surface area (Å²) in [4.78, 5) is 23.1. The molecule has 2 aromatic carbocycles. The van der Waals surface area contributed by atoms with Crippen LogP contribution in [0.2, 0.25) is 0 Å². The lowest BCUT2D eigenvalue weighted by molar-refractivity contribution is -0.114. The fraction of sp³-hybridized carbons (Fsp3) is 0.125. The summed E-state index contributed by atoms with van der Waals surface area (Å²) in [5, 5.41) is 4.74. The predicted molar refractivity (Wildman–Crippen MR) is 81.6 cm³/mol. The van der Waals surface area contributed by atoms with Crippen LogP contribution in [0.15, 0.2) is 36.4 Å². The Morgan fingerprint density at radius 2 is 1.74 bits per heavy atom. The molecule has 7 heteroatoms. The van der Waals surface area contributed by atoms with Gasteiger partial charge in [-0.25, -0.2) is 8.78 Å². The molecule has 0 aliphatic rings. The minimum Gasteiger partial charge on any atom is -0.497 e. The molecular weight excluding hydrogens is 306 g/mol. The molecule has 0 heterocycles. The van der Waals surface area contributed by atoms with Crippen LogP contribution in [0.25, 0.3) is 0 Å². The van der Waals surface area contributed by atoms with E-state index in [0.29, 0.717) is 5.69 Å². The van der Waals surface area contributed by atoms with Crippen molar-refractivity contribution in [1.29, 1.82) is 0 Å². The third-order valence-electron chi connectivity index (χ3n) is 2.96. The van der Waals surface area contributed by atoms with Crippen LogP contribution in [0, 0.1) is 11.6 Å². The highest BCUT2D eigenvalue weighted by molar-refractivity contribution is 6.05. The van der Waals surface area contributed by atoms with Crippen molar-refractivity contribution in [2.24, 2.45) is 0 Å². The maximum absolute atomic E-state index is 13.9. The molecule has 2 N–H and O–H groups in total. The van der Waals surface area contributed by atoms with Gasteiger partial charge in [0.2, 0.25) is 5.91 Å². The average Bonchev–Trinajstić information content (AvgIpc) is 2.49. The number of halogens is 2. The maximum Gasteiger partial charge on any atom is 0.258 e. The molecule has 0 fully saturated rings. The second kappa shape index (κ2) is 6.87. The molecule has 2 rings (SSSR count). The molecule has 2 amide bonds. The van der Waals surface area contributed by atoms with Crippen molar-refractivity contribution in [3.05, 3.63) is 53.6 Å². The minimum atomic E-state index is -0.816. The third kappa shape index (κ3) is 4.03. The number of methoxy groups -OCH3 is 1. The second-order valence-corrected chi connectivity index (χ2v) is 4.68. The fourth-order valence-electron chi connectivity index (χ4n) is 1.90. The van der Waals surface area contributed by atoms with Gasteiger partial charge in [-0.2, -0.15) is 0 Å². The van der Waals surface area contributed by atoms with Gasteiger partial charge in [0.25, 0.3) is 5.91 Å². The number of anilines is 2. The van der Waals surface area contributed by atoms with E-state index in [2.05, 4.69) is 10.6 Å². The van der Waals surface area contributed by atoms with E-state index in [4.69, 9.17) is 4.74 Å². The zero-order valence-electron chi connectivity index (χ0n) is 12.4. The number of rotatable bonds is 4. The Labute approximate surface area is 131 Å². The number of nitrogens with one attached hydrogen (secondary N) is 2. The molecule has 0 aliphatic carbocycles. The molecule has 0 radical (unpaired) electrons. The van der Waals surface area contributed by atoms with Crippen molar-refractivity contribution < 1.29 is 23.1 Å². The molecule has 0 saturated carbocycles. The fourth-order valence-corrected chi connectivity index (χ4v) is 1.90. The first-order valence-electron chi connectivity index (χ1n) is 6.62. The van der Waals surface area contributed by atoms with Gasteiger partial charge < -0.3 is 15.4 Å². The largest absolute Gasteiger partial charge is 0.497 e. The van der Waals surface area contributed by atoms with Crippen LogP contribution < -0.4 is 15.4 Å². The van der Waals surface area contributed by atoms with E-state index in [9.17, 15) is 18.4 Å². The van der Waals surface area contributed by atoms with E-state index in [-0.39, 0.29) is 22.9 Å². The first-order valence-corrected chi connectivity index (χ1v) is 6.62. The SMILES string of the molecule is COc1ccc(C(=O)Nc2cc(NC(C)=O)ccc2F)c(F)c1. The summed E-state index contributed by atoms with van der Waals surface area (Å²) in [7, 11) is 1.37. The lowest BCUT2D eigenvalue weighted by Gasteiger charge is -2.10. The summed E-state index contributed by atoms with van der Waals surface area (Å²) in [6.45, 7) is 1.30. The number of hydrogen-bond donors (Lipinski definition) is 2. The lowest BCUT2D eigenvalue weighted by atomic mass is 10.1. The van der Waals surface area contributed by atoms with E-state index in [0.717, 1.165) is 12.1 Å². The van der Waals surface area contributed by atoms with E-state index >= 15 is 0 Å². The molecule has 0 spiro atoms. The zero-order valence-corrected chi connectivity index (χ0v) is 12.4. The molecule has 0 aliphatic heterocycles. The molecule has 0 atom stereocenters. The van der Waals surface area contributed by atoms with Crippen molar-refractivity contribution >= 4 is 23.2 Å². The summed E-state index contributed by atoms with van der Waals surface area (Å²) >= 11 is 0. The Hall–Kier alpha value is -2.96. The van der Waals surface area contributed by atoms with Gasteiger partial charge in [-0.15, -0.1) is 0 Å². The number of carbonyl (C=O) groups is 2. The van der Waals surface area contributed by atoms with E-state index in [1.807, 2.05) is 0 Å². The van der Waals surface area contributed by atoms with Crippen LogP contribution >= 0.6 is 0 Å². The molecule has 2 aromatic rings. The molecule has 0 bridgehead atoms. The molecule has 0 aromatic heterocycles. The zero-order chi connectivity index (χ0) is 17.0. The Morgan fingerprint density at radius 3 is 2.35 bits per heavy atom. The van der Waals surface area contributed by atoms with Gasteiger partial charge in [0.1, 0.15) is 17.4 Å². The number of hydrogen-bond acceptors (Lipinski definition) is 3. The highest BCUT2D eigenvalue weighted by Crippen LogP contribution is 2.22. The van der Waals surface area contributed by atoms with Gasteiger partial charge in [-0.3, -0.25) is 9.59 Å². The summed E-state index contributed by atoms with van der Waals surface area (Å²) in [6.07, 6.45) is 0. The lowest BCUT2D eigenvalue weighted by Crippen LogP contribution is -2.15. The number of benzene rings is 2. The molecule has 23 heavy (non-hydrogen) atoms. The maximum atomic E-state index is 13.9. The van der Waals surface area contributed by atoms with E-state index < -0.39 is 17.5 Å². The highest BCUT2D eigenvalue weighted by atomic mass is 19.1. The Kier molecular flexibility index (Phi) is 4.90. The highest BCUT2D eigenvalue weighted by Gasteiger charge is 2.15. The number of ether oxygens (including phenoxy) is 1. The summed E-state index contributed by atoms with van der Waals surface area (Å²) in [5.41, 5.74) is -0.115. The first-order chi connectivity index (χ1) is 10.9. The van der Waals surface area contributed by atoms with Gasteiger partial charge in [0.15, 0.2) is 0 Å². The number of amides is 2. The van der Waals surface area contributed by atoms with Crippen molar-refractivity contribution in [1.82, 2.24) is 0 Å². The summed E-state index contributed by atoms with van der Waals surface area (Å²) in [5.74, 6) is -2.39. The summed E-state index contributed by atoms with van der Waals surface area (Å²) in [6, 6.07) is 7.39. The standard InChI is InChI=1S/C16H14F2N2O3/c1-9(21)19-10-3-6-13(17)15(7-10)20-16(22)12-5-4-11(23-2)8-14(12)18/h3-8H,1-2H3,(H,19,21)(H,20,22). The van der Waals surface area contributed by atoms with Gasteiger partial charge in [0.05, 0.1) is 18.4 Å². The van der Waals surface area contributed by atoms with Crippen LogP contribution in [0.1, 0.15) is 17.3 Å². The molecule has 0 unspecified atom stereocenters. The second-order valence-electron chi connectivity index (χ2n) is 4.68.